The van der Waals surface area contributed by atoms with Gasteiger partial charge in [0, 0.05) is 18.9 Å². The molecule has 22 heavy (non-hydrogen) atoms. The highest BCUT2D eigenvalue weighted by Gasteiger charge is 2.40. The van der Waals surface area contributed by atoms with E-state index < -0.39 is 5.97 Å². The van der Waals surface area contributed by atoms with Crippen molar-refractivity contribution >= 4 is 11.9 Å². The van der Waals surface area contributed by atoms with Crippen LogP contribution in [0.2, 0.25) is 0 Å². The summed E-state index contributed by atoms with van der Waals surface area (Å²) in [5, 5.41) is 9.10. The molecule has 2 heterocycles. The summed E-state index contributed by atoms with van der Waals surface area (Å²) in [6.07, 6.45) is 4.55. The Morgan fingerprint density at radius 1 is 1.27 bits per heavy atom. The summed E-state index contributed by atoms with van der Waals surface area (Å²) < 4.78 is 5.83. The van der Waals surface area contributed by atoms with Crippen molar-refractivity contribution in [3.8, 4) is 0 Å². The van der Waals surface area contributed by atoms with Crippen molar-refractivity contribution < 1.29 is 19.1 Å². The fourth-order valence-electron chi connectivity index (χ4n) is 3.75. The van der Waals surface area contributed by atoms with Crippen molar-refractivity contribution in [3.63, 3.8) is 0 Å². The predicted octanol–water partition coefficient (Wildman–Crippen LogP) is 3.01. The molecule has 1 saturated heterocycles. The van der Waals surface area contributed by atoms with Crippen LogP contribution in [0.3, 0.4) is 0 Å². The second-order valence-corrected chi connectivity index (χ2v) is 6.39. The molecule has 1 amide bonds. The first-order valence-electron chi connectivity index (χ1n) is 8.22. The summed E-state index contributed by atoms with van der Waals surface area (Å²) >= 11 is 0. The maximum Gasteiger partial charge on any atom is 0.306 e. The van der Waals surface area contributed by atoms with Gasteiger partial charge in [0.15, 0.2) is 0 Å². The summed E-state index contributed by atoms with van der Waals surface area (Å²) in [4.78, 5) is 25.7. The molecule has 1 aliphatic carbocycles. The Kier molecular flexibility index (Phi) is 4.23. The summed E-state index contributed by atoms with van der Waals surface area (Å²) in [6, 6.07) is 3.98. The first-order chi connectivity index (χ1) is 10.6. The van der Waals surface area contributed by atoms with Crippen LogP contribution < -0.4 is 0 Å². The minimum absolute atomic E-state index is 0.0247. The lowest BCUT2D eigenvalue weighted by molar-refractivity contribution is -0.141. The zero-order valence-electron chi connectivity index (χ0n) is 13.0. The highest BCUT2D eigenvalue weighted by molar-refractivity contribution is 5.81. The number of nitrogens with zero attached hydrogens (tertiary/aromatic N) is 1. The van der Waals surface area contributed by atoms with E-state index in [1.807, 2.05) is 24.0 Å². The molecule has 3 atom stereocenters. The van der Waals surface area contributed by atoms with Crippen LogP contribution in [0.5, 0.6) is 0 Å². The highest BCUT2D eigenvalue weighted by atomic mass is 16.4. The van der Waals surface area contributed by atoms with Gasteiger partial charge in [-0.3, -0.25) is 9.59 Å². The van der Waals surface area contributed by atoms with Gasteiger partial charge in [-0.05, 0) is 44.2 Å². The fraction of sp³-hybridized carbons (Fsp3) is 0.647. The third-order valence-corrected chi connectivity index (χ3v) is 5.03. The van der Waals surface area contributed by atoms with Crippen molar-refractivity contribution in [2.75, 3.05) is 6.54 Å². The number of carbonyl (C=O) groups excluding carboxylic acids is 1. The minimum Gasteiger partial charge on any atom is -0.481 e. The van der Waals surface area contributed by atoms with Gasteiger partial charge in [-0.1, -0.05) is 6.92 Å². The molecule has 1 aliphatic heterocycles. The van der Waals surface area contributed by atoms with Gasteiger partial charge in [0.1, 0.15) is 11.5 Å². The average Bonchev–Trinajstić information content (AvgIpc) is 3.24. The molecule has 3 rings (SSSR count). The molecule has 2 fully saturated rings. The number of carboxylic acids is 1. The molecule has 120 valence electrons. The van der Waals surface area contributed by atoms with Crippen LogP contribution in [0, 0.1) is 11.8 Å². The molecule has 1 aromatic heterocycles. The van der Waals surface area contributed by atoms with Crippen LogP contribution in [0.15, 0.2) is 16.5 Å². The van der Waals surface area contributed by atoms with E-state index in [4.69, 9.17) is 9.52 Å². The zero-order chi connectivity index (χ0) is 15.7. The maximum absolute atomic E-state index is 12.8. The molecule has 0 radical (unpaired) electrons. The fourth-order valence-corrected chi connectivity index (χ4v) is 3.75. The van der Waals surface area contributed by atoms with E-state index in [1.165, 1.54) is 0 Å². The van der Waals surface area contributed by atoms with Crippen LogP contribution in [-0.2, 0) is 16.0 Å². The van der Waals surface area contributed by atoms with E-state index in [0.29, 0.717) is 19.3 Å². The SMILES string of the molecule is CCc1ccc(C2CCCN2C(=O)[C@@H]2CC[C@H](C(=O)O)C2)o1. The lowest BCUT2D eigenvalue weighted by Crippen LogP contribution is -2.35. The maximum atomic E-state index is 12.8. The lowest BCUT2D eigenvalue weighted by Gasteiger charge is -2.26. The molecule has 1 unspecified atom stereocenters. The Hall–Kier alpha value is -1.78. The second-order valence-electron chi connectivity index (χ2n) is 6.39. The Balaban J connectivity index is 1.70. The summed E-state index contributed by atoms with van der Waals surface area (Å²) in [5.41, 5.74) is 0. The van der Waals surface area contributed by atoms with E-state index in [2.05, 4.69) is 0 Å². The Labute approximate surface area is 130 Å². The van der Waals surface area contributed by atoms with Crippen molar-refractivity contribution in [3.05, 3.63) is 23.7 Å². The summed E-state index contributed by atoms with van der Waals surface area (Å²) in [6.45, 7) is 2.80. The molecule has 0 spiro atoms. The topological polar surface area (TPSA) is 70.8 Å². The van der Waals surface area contributed by atoms with Gasteiger partial charge in [0.05, 0.1) is 12.0 Å². The second kappa shape index (κ2) is 6.15. The van der Waals surface area contributed by atoms with Crippen LogP contribution in [0.25, 0.3) is 0 Å². The molecule has 0 aromatic carbocycles. The van der Waals surface area contributed by atoms with Gasteiger partial charge in [0.2, 0.25) is 5.91 Å². The molecule has 2 aliphatic rings. The number of hydrogen-bond donors (Lipinski definition) is 1. The van der Waals surface area contributed by atoms with E-state index in [1.54, 1.807) is 0 Å². The molecular weight excluding hydrogens is 282 g/mol. The Morgan fingerprint density at radius 2 is 2.05 bits per heavy atom. The monoisotopic (exact) mass is 305 g/mol. The Morgan fingerprint density at radius 3 is 2.68 bits per heavy atom. The molecule has 5 heteroatoms. The largest absolute Gasteiger partial charge is 0.481 e. The van der Waals surface area contributed by atoms with Crippen molar-refractivity contribution in [1.82, 2.24) is 4.90 Å². The van der Waals surface area contributed by atoms with E-state index >= 15 is 0 Å². The zero-order valence-corrected chi connectivity index (χ0v) is 13.0. The standard InChI is InChI=1S/C17H23NO4/c1-2-13-7-8-15(22-13)14-4-3-9-18(14)16(19)11-5-6-12(10-11)17(20)21/h7-8,11-12,14H,2-6,9-10H2,1H3,(H,20,21)/t11-,12+,14?/m1/s1. The smallest absolute Gasteiger partial charge is 0.306 e. The number of likely N-dealkylation sites (tertiary alicyclic amines) is 1. The third kappa shape index (κ3) is 2.76. The third-order valence-electron chi connectivity index (χ3n) is 5.03. The lowest BCUT2D eigenvalue weighted by atomic mass is 10.0. The molecule has 1 N–H and O–H groups in total. The van der Waals surface area contributed by atoms with Gasteiger partial charge < -0.3 is 14.4 Å². The first-order valence-corrected chi connectivity index (χ1v) is 8.22. The number of furan rings is 1. The van der Waals surface area contributed by atoms with Gasteiger partial charge in [-0.2, -0.15) is 0 Å². The number of aliphatic carboxylic acids is 1. The van der Waals surface area contributed by atoms with Crippen LogP contribution >= 0.6 is 0 Å². The minimum atomic E-state index is -0.771. The summed E-state index contributed by atoms with van der Waals surface area (Å²) in [5.74, 6) is 0.664. The number of rotatable bonds is 4. The van der Waals surface area contributed by atoms with Crippen molar-refractivity contribution in [2.24, 2.45) is 11.8 Å². The first kappa shape index (κ1) is 15.1. The number of carboxylic acid groups (broad SMARTS) is 1. The van der Waals surface area contributed by atoms with Crippen LogP contribution in [0.4, 0.5) is 0 Å². The van der Waals surface area contributed by atoms with Crippen LogP contribution in [0.1, 0.15) is 56.6 Å². The summed E-state index contributed by atoms with van der Waals surface area (Å²) in [7, 11) is 0. The van der Waals surface area contributed by atoms with Gasteiger partial charge in [-0.15, -0.1) is 0 Å². The Bertz CT molecular complexity index is 565. The molecule has 1 aromatic rings. The molecule has 1 saturated carbocycles. The number of carbonyl (C=O) groups is 2. The number of aryl methyl sites for hydroxylation is 1. The van der Waals surface area contributed by atoms with Gasteiger partial charge in [-0.25, -0.2) is 0 Å². The van der Waals surface area contributed by atoms with Crippen LogP contribution in [-0.4, -0.2) is 28.4 Å². The van der Waals surface area contributed by atoms with E-state index in [9.17, 15) is 9.59 Å². The normalized spacial score (nSPS) is 28.2. The molecular formula is C17H23NO4. The highest BCUT2D eigenvalue weighted by Crippen LogP contribution is 2.38. The predicted molar refractivity (Wildman–Crippen MR) is 80.2 cm³/mol. The number of hydrogen-bond acceptors (Lipinski definition) is 3. The van der Waals surface area contributed by atoms with E-state index in [-0.39, 0.29) is 23.8 Å². The quantitative estimate of drug-likeness (QED) is 0.928. The van der Waals surface area contributed by atoms with Crippen molar-refractivity contribution in [2.45, 2.75) is 51.5 Å². The average molecular weight is 305 g/mol. The van der Waals surface area contributed by atoms with Crippen molar-refractivity contribution in [1.29, 1.82) is 0 Å². The molecule has 5 nitrogen and oxygen atoms in total. The van der Waals surface area contributed by atoms with Gasteiger partial charge in [0.25, 0.3) is 0 Å². The van der Waals surface area contributed by atoms with E-state index in [0.717, 1.165) is 37.3 Å². The van der Waals surface area contributed by atoms with Gasteiger partial charge >= 0.3 is 5.97 Å². The number of amides is 1. The molecule has 0 bridgehead atoms.